The third kappa shape index (κ3) is 2.81. The van der Waals surface area contributed by atoms with Gasteiger partial charge in [-0.05, 0) is 30.5 Å². The number of benzene rings is 1. The van der Waals surface area contributed by atoms with E-state index in [1.807, 2.05) is 0 Å². The lowest BCUT2D eigenvalue weighted by Gasteiger charge is -2.36. The van der Waals surface area contributed by atoms with E-state index in [0.717, 1.165) is 17.7 Å². The van der Waals surface area contributed by atoms with Crippen molar-refractivity contribution in [3.8, 4) is 0 Å². The molecule has 2 nitrogen and oxygen atoms in total. The molecule has 0 amide bonds. The minimum atomic E-state index is -4.32. The number of halogens is 3. The van der Waals surface area contributed by atoms with Gasteiger partial charge in [-0.2, -0.15) is 13.2 Å². The molecule has 0 unspecified atom stereocenters. The second kappa shape index (κ2) is 4.96. The Kier molecular flexibility index (Phi) is 3.67. The van der Waals surface area contributed by atoms with Gasteiger partial charge in [0.2, 0.25) is 0 Å². The fraction of sp³-hybridized carbons (Fsp3) is 0.500. The Morgan fingerprint density at radius 3 is 2.05 bits per heavy atom. The third-order valence-corrected chi connectivity index (χ3v) is 3.98. The highest BCUT2D eigenvalue weighted by Crippen LogP contribution is 2.38. The fourth-order valence-corrected chi connectivity index (χ4v) is 2.63. The van der Waals surface area contributed by atoms with Crippen molar-refractivity contribution in [3.05, 3.63) is 35.4 Å². The summed E-state index contributed by atoms with van der Waals surface area (Å²) in [5.74, 6) is 0.205. The second-order valence-electron chi connectivity index (χ2n) is 5.10. The molecule has 1 aliphatic rings. The maximum absolute atomic E-state index is 12.5. The Bertz CT molecular complexity index is 455. The minimum absolute atomic E-state index is 0.205. The number of carbonyl (C=O) groups excluding carboxylic acids is 1. The first-order valence-electron chi connectivity index (χ1n) is 6.27. The first kappa shape index (κ1) is 14.1. The highest BCUT2D eigenvalue weighted by molar-refractivity contribution is 5.79. The second-order valence-corrected chi connectivity index (χ2v) is 5.10. The summed E-state index contributed by atoms with van der Waals surface area (Å²) in [5.41, 5.74) is 5.60. The zero-order valence-corrected chi connectivity index (χ0v) is 10.5. The predicted octanol–water partition coefficient (Wildman–Crippen LogP) is 3.05. The Labute approximate surface area is 109 Å². The Balaban J connectivity index is 2.27. The molecule has 1 saturated carbocycles. The summed E-state index contributed by atoms with van der Waals surface area (Å²) >= 11 is 0. The number of alkyl halides is 3. The van der Waals surface area contributed by atoms with Gasteiger partial charge in [0.1, 0.15) is 5.78 Å². The highest BCUT2D eigenvalue weighted by atomic mass is 19.4. The minimum Gasteiger partial charge on any atom is -0.330 e. The van der Waals surface area contributed by atoms with Gasteiger partial charge in [0, 0.05) is 24.8 Å². The molecule has 2 N–H and O–H groups in total. The first-order chi connectivity index (χ1) is 8.87. The summed E-state index contributed by atoms with van der Waals surface area (Å²) in [6.07, 6.45) is -2.17. The van der Waals surface area contributed by atoms with Crippen molar-refractivity contribution in [2.24, 2.45) is 5.73 Å². The van der Waals surface area contributed by atoms with Crippen molar-refractivity contribution in [1.82, 2.24) is 0 Å². The van der Waals surface area contributed by atoms with Crippen molar-refractivity contribution in [1.29, 1.82) is 0 Å². The number of nitrogens with two attached hydrogens (primary N) is 1. The molecule has 2 rings (SSSR count). The van der Waals surface area contributed by atoms with Gasteiger partial charge in [0.15, 0.2) is 0 Å². The van der Waals surface area contributed by atoms with Gasteiger partial charge in [0.05, 0.1) is 5.56 Å². The molecule has 0 radical (unpaired) electrons. The van der Waals surface area contributed by atoms with Crippen LogP contribution < -0.4 is 5.73 Å². The van der Waals surface area contributed by atoms with Crippen LogP contribution in [0.25, 0.3) is 0 Å². The molecule has 0 heterocycles. The molecule has 5 heteroatoms. The number of hydrogen-bond acceptors (Lipinski definition) is 2. The molecule has 1 aromatic carbocycles. The van der Waals surface area contributed by atoms with Gasteiger partial charge in [-0.15, -0.1) is 0 Å². The van der Waals surface area contributed by atoms with E-state index in [1.54, 1.807) is 0 Å². The zero-order chi connectivity index (χ0) is 14.1. The Hall–Kier alpha value is -1.36. The maximum atomic E-state index is 12.5. The average Bonchev–Trinajstić information content (AvgIpc) is 2.39. The van der Waals surface area contributed by atoms with Gasteiger partial charge < -0.3 is 5.73 Å². The summed E-state index contributed by atoms with van der Waals surface area (Å²) in [7, 11) is 0. The van der Waals surface area contributed by atoms with Gasteiger partial charge in [-0.1, -0.05) is 12.1 Å². The Morgan fingerprint density at radius 2 is 1.63 bits per heavy atom. The maximum Gasteiger partial charge on any atom is 0.416 e. The van der Waals surface area contributed by atoms with E-state index in [9.17, 15) is 18.0 Å². The Morgan fingerprint density at radius 1 is 1.11 bits per heavy atom. The number of rotatable bonds is 2. The first-order valence-corrected chi connectivity index (χ1v) is 6.27. The SMILES string of the molecule is NCC1(c2ccc(C(F)(F)F)cc2)CCC(=O)CC1. The van der Waals surface area contributed by atoms with Crippen LogP contribution >= 0.6 is 0 Å². The monoisotopic (exact) mass is 271 g/mol. The molecular formula is C14H16F3NO. The van der Waals surface area contributed by atoms with Crippen LogP contribution in [-0.2, 0) is 16.4 Å². The van der Waals surface area contributed by atoms with Gasteiger partial charge in [0.25, 0.3) is 0 Å². The van der Waals surface area contributed by atoms with Crippen molar-refractivity contribution in [3.63, 3.8) is 0 Å². The predicted molar refractivity (Wildman–Crippen MR) is 65.7 cm³/mol. The number of ketones is 1. The number of carbonyl (C=O) groups is 1. The van der Waals surface area contributed by atoms with Crippen LogP contribution in [-0.4, -0.2) is 12.3 Å². The molecule has 0 saturated heterocycles. The largest absolute Gasteiger partial charge is 0.416 e. The molecular weight excluding hydrogens is 255 g/mol. The van der Waals surface area contributed by atoms with Crippen molar-refractivity contribution >= 4 is 5.78 Å². The molecule has 1 aliphatic carbocycles. The van der Waals surface area contributed by atoms with E-state index in [4.69, 9.17) is 5.73 Å². The zero-order valence-electron chi connectivity index (χ0n) is 10.5. The summed E-state index contributed by atoms with van der Waals surface area (Å²) < 4.78 is 37.6. The summed E-state index contributed by atoms with van der Waals surface area (Å²) in [5, 5.41) is 0. The summed E-state index contributed by atoms with van der Waals surface area (Å²) in [6, 6.07) is 5.16. The van der Waals surface area contributed by atoms with Crippen LogP contribution in [0.2, 0.25) is 0 Å². The normalized spacial score (nSPS) is 19.5. The van der Waals surface area contributed by atoms with E-state index >= 15 is 0 Å². The topological polar surface area (TPSA) is 43.1 Å². The standard InChI is InChI=1S/C14H16F3NO/c15-14(16,17)11-3-1-10(2-4-11)13(9-18)7-5-12(19)6-8-13/h1-4H,5-9,18H2. The van der Waals surface area contributed by atoms with Crippen molar-refractivity contribution in [2.45, 2.75) is 37.3 Å². The van der Waals surface area contributed by atoms with E-state index in [2.05, 4.69) is 0 Å². The van der Waals surface area contributed by atoms with Crippen LogP contribution in [0.4, 0.5) is 13.2 Å². The van der Waals surface area contributed by atoms with Crippen molar-refractivity contribution in [2.75, 3.05) is 6.54 Å². The molecule has 19 heavy (non-hydrogen) atoms. The molecule has 1 aromatic rings. The summed E-state index contributed by atoms with van der Waals surface area (Å²) in [4.78, 5) is 11.3. The molecule has 104 valence electrons. The van der Waals surface area contributed by atoms with Crippen LogP contribution in [0, 0.1) is 0 Å². The van der Waals surface area contributed by atoms with Crippen LogP contribution in [0.5, 0.6) is 0 Å². The lowest BCUT2D eigenvalue weighted by Crippen LogP contribution is -2.39. The van der Waals surface area contributed by atoms with E-state index in [0.29, 0.717) is 32.2 Å². The smallest absolute Gasteiger partial charge is 0.330 e. The van der Waals surface area contributed by atoms with Gasteiger partial charge in [-0.3, -0.25) is 4.79 Å². The lowest BCUT2D eigenvalue weighted by atomic mass is 9.69. The molecule has 1 fully saturated rings. The fourth-order valence-electron chi connectivity index (χ4n) is 2.63. The molecule has 0 atom stereocenters. The third-order valence-electron chi connectivity index (χ3n) is 3.98. The molecule has 0 bridgehead atoms. The summed E-state index contributed by atoms with van der Waals surface area (Å²) in [6.45, 7) is 0.353. The molecule has 0 aromatic heterocycles. The van der Waals surface area contributed by atoms with Crippen molar-refractivity contribution < 1.29 is 18.0 Å². The quantitative estimate of drug-likeness (QED) is 0.898. The van der Waals surface area contributed by atoms with Gasteiger partial charge >= 0.3 is 6.18 Å². The van der Waals surface area contributed by atoms with E-state index in [1.165, 1.54) is 12.1 Å². The number of Topliss-reactive ketones (excluding diaryl/α,β-unsaturated/α-hetero) is 1. The highest BCUT2D eigenvalue weighted by Gasteiger charge is 2.36. The van der Waals surface area contributed by atoms with Crippen LogP contribution in [0.15, 0.2) is 24.3 Å². The number of hydrogen-bond donors (Lipinski definition) is 1. The molecule has 0 aliphatic heterocycles. The van der Waals surface area contributed by atoms with E-state index < -0.39 is 11.7 Å². The van der Waals surface area contributed by atoms with E-state index in [-0.39, 0.29) is 11.2 Å². The van der Waals surface area contributed by atoms with Crippen LogP contribution in [0.3, 0.4) is 0 Å². The lowest BCUT2D eigenvalue weighted by molar-refractivity contribution is -0.137. The average molecular weight is 271 g/mol. The van der Waals surface area contributed by atoms with Crippen LogP contribution in [0.1, 0.15) is 36.8 Å². The van der Waals surface area contributed by atoms with Gasteiger partial charge in [-0.25, -0.2) is 0 Å². The molecule has 0 spiro atoms.